The van der Waals surface area contributed by atoms with Gasteiger partial charge in [0.25, 0.3) is 5.91 Å². The van der Waals surface area contributed by atoms with Crippen LogP contribution < -0.4 is 10.1 Å². The van der Waals surface area contributed by atoms with Crippen LogP contribution in [0.3, 0.4) is 0 Å². The van der Waals surface area contributed by atoms with Gasteiger partial charge in [0.2, 0.25) is 0 Å². The summed E-state index contributed by atoms with van der Waals surface area (Å²) in [6.45, 7) is 4.22. The number of aromatic nitrogens is 3. The van der Waals surface area contributed by atoms with Gasteiger partial charge >= 0.3 is 0 Å². The number of benzene rings is 1. The number of hydrogen-bond acceptors (Lipinski definition) is 5. The van der Waals surface area contributed by atoms with Gasteiger partial charge in [-0.3, -0.25) is 4.79 Å². The summed E-state index contributed by atoms with van der Waals surface area (Å²) in [5.74, 6) is 0.444. The Morgan fingerprint density at radius 3 is 2.97 bits per heavy atom. The summed E-state index contributed by atoms with van der Waals surface area (Å²) in [4.78, 5) is 24.7. The van der Waals surface area contributed by atoms with E-state index in [1.54, 1.807) is 13.0 Å². The molecule has 0 bridgehead atoms. The Bertz CT molecular complexity index is 1110. The van der Waals surface area contributed by atoms with Gasteiger partial charge in [-0.1, -0.05) is 0 Å². The molecule has 1 atom stereocenters. The van der Waals surface area contributed by atoms with Crippen molar-refractivity contribution < 1.29 is 13.9 Å². The summed E-state index contributed by atoms with van der Waals surface area (Å²) in [7, 11) is 0. The van der Waals surface area contributed by atoms with Crippen LogP contribution in [0.1, 0.15) is 42.2 Å². The third-order valence-electron chi connectivity index (χ3n) is 5.22. The standard InChI is InChI=1S/C22H24FN5O2/c1-12(7-8-24)27-22(29)18-13(2)28-21-19(25-11-26-20(18)21)16-9-15(23)5-6-17(16)30-10-14-3-4-14/h5-6,8-9,11-12,14,24,28H,3-4,7,10H2,1-2H3,(H,27,29)/t12-/m1/s1. The fourth-order valence-corrected chi connectivity index (χ4v) is 3.44. The van der Waals surface area contributed by atoms with Crippen LogP contribution in [0.2, 0.25) is 0 Å². The lowest BCUT2D eigenvalue weighted by atomic mass is 10.1. The monoisotopic (exact) mass is 409 g/mol. The molecule has 0 unspecified atom stereocenters. The first kappa shape index (κ1) is 20.0. The van der Waals surface area contributed by atoms with Crippen LogP contribution in [0.25, 0.3) is 22.3 Å². The summed E-state index contributed by atoms with van der Waals surface area (Å²) >= 11 is 0. The highest BCUT2D eigenvalue weighted by atomic mass is 19.1. The van der Waals surface area contributed by atoms with Gasteiger partial charge in [0.05, 0.1) is 17.7 Å². The van der Waals surface area contributed by atoms with E-state index < -0.39 is 5.82 Å². The van der Waals surface area contributed by atoms with Crippen molar-refractivity contribution in [2.75, 3.05) is 6.61 Å². The average molecular weight is 409 g/mol. The maximum Gasteiger partial charge on any atom is 0.255 e. The molecule has 7 nitrogen and oxygen atoms in total. The summed E-state index contributed by atoms with van der Waals surface area (Å²) in [5.41, 5.74) is 3.09. The largest absolute Gasteiger partial charge is 0.493 e. The van der Waals surface area contributed by atoms with Crippen LogP contribution in [0.5, 0.6) is 5.75 Å². The van der Waals surface area contributed by atoms with Crippen LogP contribution in [-0.2, 0) is 0 Å². The first-order valence-corrected chi connectivity index (χ1v) is 10.0. The van der Waals surface area contributed by atoms with Crippen molar-refractivity contribution in [2.45, 2.75) is 39.2 Å². The van der Waals surface area contributed by atoms with E-state index in [1.807, 2.05) is 6.92 Å². The van der Waals surface area contributed by atoms with E-state index in [1.165, 1.54) is 24.7 Å². The highest BCUT2D eigenvalue weighted by Crippen LogP contribution is 2.36. The predicted molar refractivity (Wildman–Crippen MR) is 113 cm³/mol. The van der Waals surface area contributed by atoms with E-state index in [4.69, 9.17) is 10.1 Å². The number of nitrogens with one attached hydrogen (secondary N) is 3. The van der Waals surface area contributed by atoms with Crippen LogP contribution in [0, 0.1) is 24.1 Å². The smallest absolute Gasteiger partial charge is 0.255 e. The first-order valence-electron chi connectivity index (χ1n) is 10.0. The molecule has 1 aromatic carbocycles. The number of carbonyl (C=O) groups excluding carboxylic acids is 1. The molecule has 0 saturated heterocycles. The minimum absolute atomic E-state index is 0.175. The molecule has 1 fully saturated rings. The van der Waals surface area contributed by atoms with Gasteiger partial charge in [-0.15, -0.1) is 0 Å². The van der Waals surface area contributed by atoms with Crippen LogP contribution in [0.15, 0.2) is 24.5 Å². The van der Waals surface area contributed by atoms with Crippen molar-refractivity contribution in [3.8, 4) is 17.0 Å². The van der Waals surface area contributed by atoms with Gasteiger partial charge in [-0.05, 0) is 57.0 Å². The number of nitrogens with zero attached hydrogens (tertiary/aromatic N) is 2. The number of rotatable bonds is 8. The number of H-pyrrole nitrogens is 1. The molecular weight excluding hydrogens is 385 g/mol. The van der Waals surface area contributed by atoms with Crippen molar-refractivity contribution in [1.29, 1.82) is 5.41 Å². The Balaban J connectivity index is 1.76. The molecule has 1 amide bonds. The minimum Gasteiger partial charge on any atom is -0.493 e. The molecule has 3 aromatic rings. The molecule has 3 N–H and O–H groups in total. The van der Waals surface area contributed by atoms with Gasteiger partial charge in [0.1, 0.15) is 29.1 Å². The zero-order valence-electron chi connectivity index (χ0n) is 17.0. The fourth-order valence-electron chi connectivity index (χ4n) is 3.44. The zero-order valence-corrected chi connectivity index (χ0v) is 17.0. The lowest BCUT2D eigenvalue weighted by Gasteiger charge is -2.12. The van der Waals surface area contributed by atoms with Crippen LogP contribution in [-0.4, -0.2) is 39.7 Å². The lowest BCUT2D eigenvalue weighted by molar-refractivity contribution is 0.0942. The van der Waals surface area contributed by atoms with Crippen molar-refractivity contribution >= 4 is 23.2 Å². The molecule has 2 heterocycles. The average Bonchev–Trinajstić information content (AvgIpc) is 3.46. The predicted octanol–water partition coefficient (Wildman–Crippen LogP) is 4.02. The number of ether oxygens (including phenoxy) is 1. The molecule has 1 aliphatic carbocycles. The second kappa shape index (κ2) is 8.22. The molecule has 8 heteroatoms. The molecule has 1 aliphatic rings. The second-order valence-electron chi connectivity index (χ2n) is 7.78. The topological polar surface area (TPSA) is 104 Å². The lowest BCUT2D eigenvalue weighted by Crippen LogP contribution is -2.33. The maximum absolute atomic E-state index is 14.1. The van der Waals surface area contributed by atoms with Gasteiger partial charge in [0.15, 0.2) is 0 Å². The number of hydrogen-bond donors (Lipinski definition) is 3. The molecular formula is C22H24FN5O2. The Labute approximate surface area is 173 Å². The van der Waals surface area contributed by atoms with Gasteiger partial charge in [-0.25, -0.2) is 14.4 Å². The van der Waals surface area contributed by atoms with Gasteiger partial charge in [0, 0.05) is 23.7 Å². The quantitative estimate of drug-likeness (QED) is 0.489. The summed E-state index contributed by atoms with van der Waals surface area (Å²) < 4.78 is 20.0. The number of carbonyl (C=O) groups is 1. The third-order valence-corrected chi connectivity index (χ3v) is 5.22. The number of halogens is 1. The SMILES string of the molecule is Cc1[nH]c2c(-c3cc(F)ccc3OCC3CC3)ncnc2c1C(=O)N[C@H](C)CC=N. The second-order valence-corrected chi connectivity index (χ2v) is 7.78. The third kappa shape index (κ3) is 4.03. The fraction of sp³-hybridized carbons (Fsp3) is 0.364. The molecule has 156 valence electrons. The summed E-state index contributed by atoms with van der Waals surface area (Å²) in [6, 6.07) is 4.20. The van der Waals surface area contributed by atoms with E-state index in [2.05, 4.69) is 20.3 Å². The number of amides is 1. The highest BCUT2D eigenvalue weighted by Gasteiger charge is 2.25. The number of aromatic amines is 1. The number of fused-ring (bicyclic) bond motifs is 1. The summed E-state index contributed by atoms with van der Waals surface area (Å²) in [6.07, 6.45) is 5.38. The highest BCUT2D eigenvalue weighted by molar-refractivity contribution is 6.09. The zero-order chi connectivity index (χ0) is 21.3. The van der Waals surface area contributed by atoms with Crippen molar-refractivity contribution in [3.05, 3.63) is 41.6 Å². The molecule has 0 spiro atoms. The molecule has 1 saturated carbocycles. The van der Waals surface area contributed by atoms with E-state index >= 15 is 0 Å². The van der Waals surface area contributed by atoms with E-state index in [-0.39, 0.29) is 11.9 Å². The van der Waals surface area contributed by atoms with Crippen molar-refractivity contribution in [1.82, 2.24) is 20.3 Å². The molecule has 30 heavy (non-hydrogen) atoms. The normalized spacial score (nSPS) is 14.5. The summed E-state index contributed by atoms with van der Waals surface area (Å²) in [5, 5.41) is 10.1. The van der Waals surface area contributed by atoms with E-state index in [9.17, 15) is 9.18 Å². The molecule has 0 aliphatic heterocycles. The van der Waals surface area contributed by atoms with Crippen LogP contribution >= 0.6 is 0 Å². The van der Waals surface area contributed by atoms with Crippen molar-refractivity contribution in [3.63, 3.8) is 0 Å². The van der Waals surface area contributed by atoms with Gasteiger partial charge in [-0.2, -0.15) is 0 Å². The van der Waals surface area contributed by atoms with Gasteiger partial charge < -0.3 is 20.4 Å². The molecule has 0 radical (unpaired) electrons. The minimum atomic E-state index is -0.391. The van der Waals surface area contributed by atoms with Crippen molar-refractivity contribution in [2.24, 2.45) is 5.92 Å². The Kier molecular flexibility index (Phi) is 5.48. The van der Waals surface area contributed by atoms with E-state index in [0.29, 0.717) is 58.2 Å². The van der Waals surface area contributed by atoms with Crippen LogP contribution in [0.4, 0.5) is 4.39 Å². The Morgan fingerprint density at radius 1 is 1.43 bits per heavy atom. The van der Waals surface area contributed by atoms with E-state index in [0.717, 1.165) is 12.8 Å². The maximum atomic E-state index is 14.1. The Morgan fingerprint density at radius 2 is 2.23 bits per heavy atom. The first-order chi connectivity index (χ1) is 14.5. The molecule has 2 aromatic heterocycles. The number of aryl methyl sites for hydroxylation is 1. The Hall–Kier alpha value is -3.29. The molecule has 4 rings (SSSR count).